The zero-order chi connectivity index (χ0) is 59.3. The quantitative estimate of drug-likeness (QED) is 0.0454. The molecule has 2 heterocycles. The summed E-state index contributed by atoms with van der Waals surface area (Å²) >= 11 is 0. The molecule has 7 N–H and O–H groups in total. The number of nitrogens with one attached hydrogen (secondary N) is 5. The van der Waals surface area contributed by atoms with Gasteiger partial charge in [0.25, 0.3) is 0 Å². The number of nitrogens with two attached hydrogens (primary N) is 1. The lowest BCUT2D eigenvalue weighted by Gasteiger charge is -2.26. The summed E-state index contributed by atoms with van der Waals surface area (Å²) in [6, 6.07) is 23.3. The molecule has 0 aromatic heterocycles. The summed E-state index contributed by atoms with van der Waals surface area (Å²) < 4.78 is 49.9. The van der Waals surface area contributed by atoms with Gasteiger partial charge in [-0.25, -0.2) is 9.59 Å². The summed E-state index contributed by atoms with van der Waals surface area (Å²) in [5, 5.41) is 14.8. The van der Waals surface area contributed by atoms with E-state index in [1.54, 1.807) is 73.0 Å². The summed E-state index contributed by atoms with van der Waals surface area (Å²) in [4.78, 5) is 54.0. The van der Waals surface area contributed by atoms with Crippen molar-refractivity contribution in [1.29, 1.82) is 0 Å². The lowest BCUT2D eigenvalue weighted by atomic mass is 9.93. The molecule has 2 saturated heterocycles. The van der Waals surface area contributed by atoms with E-state index >= 15 is 0 Å². The van der Waals surface area contributed by atoms with Crippen LogP contribution in [-0.2, 0) is 31.9 Å². The van der Waals surface area contributed by atoms with Crippen molar-refractivity contribution in [3.8, 4) is 62.5 Å². The first-order valence-corrected chi connectivity index (χ1v) is 28.2. The summed E-state index contributed by atoms with van der Waals surface area (Å²) in [5.41, 5.74) is 13.9. The number of nitrogens with zero attached hydrogens (tertiary/aromatic N) is 2. The molecule has 0 radical (unpaired) electrons. The molecule has 5 aromatic carbocycles. The molecule has 4 aliphatic rings. The highest BCUT2D eigenvalue weighted by Gasteiger charge is 2.32. The molecular weight excluding hydrogens is 1060 g/mol. The maximum absolute atomic E-state index is 12.6. The van der Waals surface area contributed by atoms with Gasteiger partial charge in [0.15, 0.2) is 23.0 Å². The lowest BCUT2D eigenvalue weighted by molar-refractivity contribution is -0.120. The van der Waals surface area contributed by atoms with E-state index in [-0.39, 0.29) is 29.9 Å². The zero-order valence-corrected chi connectivity index (χ0v) is 49.2. The van der Waals surface area contributed by atoms with Crippen molar-refractivity contribution in [3.63, 3.8) is 0 Å². The monoisotopic (exact) mass is 1150 g/mol. The Kier molecular flexibility index (Phi) is 23.9. The molecule has 21 nitrogen and oxygen atoms in total. The molecule has 0 bridgehead atoms. The van der Waals surface area contributed by atoms with Crippen LogP contribution in [0.4, 0.5) is 21.0 Å². The molecule has 5 amide bonds. The van der Waals surface area contributed by atoms with Crippen LogP contribution in [0.25, 0.3) is 22.3 Å². The number of para-hydroxylation sites is 1. The van der Waals surface area contributed by atoms with E-state index in [2.05, 4.69) is 36.4 Å². The molecule has 0 spiro atoms. The number of ether oxygens (including phenoxy) is 9. The third kappa shape index (κ3) is 16.9. The van der Waals surface area contributed by atoms with Crippen molar-refractivity contribution < 1.29 is 61.8 Å². The largest absolute Gasteiger partial charge is 0.493 e. The number of anilines is 2. The van der Waals surface area contributed by atoms with Crippen molar-refractivity contribution in [2.45, 2.75) is 64.5 Å². The van der Waals surface area contributed by atoms with E-state index < -0.39 is 6.09 Å². The number of benzene rings is 5. The number of morpholine rings is 2. The van der Waals surface area contributed by atoms with Crippen LogP contribution in [0.2, 0.25) is 0 Å². The second-order valence-electron chi connectivity index (χ2n) is 20.2. The highest BCUT2D eigenvalue weighted by Crippen LogP contribution is 2.52. The van der Waals surface area contributed by atoms with Crippen molar-refractivity contribution >= 4 is 35.3 Å². The smallest absolute Gasteiger partial charge is 0.417 e. The van der Waals surface area contributed by atoms with Crippen LogP contribution >= 0.6 is 0 Å². The van der Waals surface area contributed by atoms with Gasteiger partial charge in [-0.2, -0.15) is 0 Å². The second-order valence-corrected chi connectivity index (χ2v) is 20.2. The number of carbonyl (C=O) groups excluding carboxylic acids is 4. The average Bonchev–Trinajstić information content (AvgIpc) is 3.88. The normalized spacial score (nSPS) is 16.2. The van der Waals surface area contributed by atoms with Gasteiger partial charge in [-0.15, -0.1) is 0 Å². The second kappa shape index (κ2) is 31.6. The van der Waals surface area contributed by atoms with Crippen LogP contribution in [-0.4, -0.2) is 155 Å². The van der Waals surface area contributed by atoms with Crippen LogP contribution in [0.5, 0.6) is 40.2 Å². The average molecular weight is 1150 g/mol. The molecule has 2 aliphatic carbocycles. The van der Waals surface area contributed by atoms with Gasteiger partial charge >= 0.3 is 12.1 Å². The Labute approximate surface area is 487 Å². The minimum Gasteiger partial charge on any atom is -0.493 e. The molecule has 0 unspecified atom stereocenters. The molecule has 9 rings (SSSR count). The Hall–Kier alpha value is -7.82. The molecule has 2 atom stereocenters. The summed E-state index contributed by atoms with van der Waals surface area (Å²) in [6.07, 6.45) is 4.06. The Bertz CT molecular complexity index is 2970. The SMILES string of the molecule is COc1cc2c(c(OC)c1OC)-c1ccc(NC(=O)NCCCN3CCOCC3)cc1[C@@H](NC(C)=O)CC2.COc1cc2c(c(OC)c1OC)-c1ccc(NC(=O)Oc3ccccc3)cc1[C@@H](NC(C)=O)CC2.NCCCN1CCOCC1. The van der Waals surface area contributed by atoms with Gasteiger partial charge < -0.3 is 69.6 Å². The number of rotatable bonds is 18. The number of hydrogen-bond donors (Lipinski definition) is 6. The predicted octanol–water partition coefficient (Wildman–Crippen LogP) is 8.13. The Morgan fingerprint density at radius 3 is 1.46 bits per heavy atom. The van der Waals surface area contributed by atoms with E-state index in [1.165, 1.54) is 13.8 Å². The maximum atomic E-state index is 12.6. The standard InChI is InChI=1S/C28H38N4O6.C27H28N2O6.C7H16N2O/c1-18(33)30-23-9-6-19-16-24(35-2)26(36-3)27(37-4)25(19)21-8-7-20(17-22(21)23)31-28(34)29-10-5-11-32-12-14-38-15-13-32;1-16(30)28-22-13-10-17-14-23(32-2)25(33-3)26(34-4)24(17)20-12-11-18(15-21(20)22)29-27(31)35-19-8-6-5-7-9-19;8-2-1-3-9-4-6-10-7-5-9/h7-8,16-17,23H,5-6,9-15H2,1-4H3,(H,30,33)(H2,29,31,34);5-9,11-12,14-15,22H,10,13H2,1-4H3,(H,28,30)(H,29,31);1-8H2/t23-;22-;/m00./s1. The van der Waals surface area contributed by atoms with Crippen molar-refractivity contribution in [1.82, 2.24) is 25.8 Å². The fourth-order valence-corrected chi connectivity index (χ4v) is 10.8. The fourth-order valence-electron chi connectivity index (χ4n) is 10.8. The first-order chi connectivity index (χ1) is 40.3. The van der Waals surface area contributed by atoms with Gasteiger partial charge in [0.2, 0.25) is 23.3 Å². The summed E-state index contributed by atoms with van der Waals surface area (Å²) in [6.45, 7) is 13.8. The van der Waals surface area contributed by atoms with Gasteiger partial charge in [-0.3, -0.25) is 24.7 Å². The molecule has 448 valence electrons. The number of methoxy groups -OCH3 is 6. The van der Waals surface area contributed by atoms with Gasteiger partial charge in [0.1, 0.15) is 5.75 Å². The lowest BCUT2D eigenvalue weighted by Crippen LogP contribution is -2.38. The number of carbonyl (C=O) groups is 4. The third-order valence-corrected chi connectivity index (χ3v) is 14.7. The van der Waals surface area contributed by atoms with Gasteiger partial charge in [0, 0.05) is 69.1 Å². The zero-order valence-electron chi connectivity index (χ0n) is 49.2. The van der Waals surface area contributed by atoms with Gasteiger partial charge in [0.05, 0.1) is 81.2 Å². The van der Waals surface area contributed by atoms with Crippen LogP contribution in [0, 0.1) is 0 Å². The number of aryl methyl sites for hydroxylation is 2. The molecular formula is C62H82N8O13. The van der Waals surface area contributed by atoms with Crippen LogP contribution in [0.15, 0.2) is 78.9 Å². The fraction of sp³-hybridized carbons (Fsp3) is 0.452. The molecule has 2 aliphatic heterocycles. The van der Waals surface area contributed by atoms with Crippen LogP contribution in [0.1, 0.15) is 73.9 Å². The molecule has 2 fully saturated rings. The Morgan fingerprint density at radius 2 is 1.02 bits per heavy atom. The first-order valence-electron chi connectivity index (χ1n) is 28.2. The predicted molar refractivity (Wildman–Crippen MR) is 319 cm³/mol. The van der Waals surface area contributed by atoms with Crippen LogP contribution in [0.3, 0.4) is 0 Å². The summed E-state index contributed by atoms with van der Waals surface area (Å²) in [7, 11) is 9.52. The van der Waals surface area contributed by atoms with Crippen molar-refractivity contribution in [3.05, 3.63) is 101 Å². The Balaban J connectivity index is 0.000000205. The minimum absolute atomic E-state index is 0.120. The third-order valence-electron chi connectivity index (χ3n) is 14.7. The van der Waals surface area contributed by atoms with Crippen LogP contribution < -0.4 is 65.5 Å². The van der Waals surface area contributed by atoms with E-state index in [0.717, 1.165) is 130 Å². The molecule has 0 saturated carbocycles. The minimum atomic E-state index is -0.606. The van der Waals surface area contributed by atoms with E-state index in [0.29, 0.717) is 83.8 Å². The van der Waals surface area contributed by atoms with Gasteiger partial charge in [-0.1, -0.05) is 30.3 Å². The van der Waals surface area contributed by atoms with Gasteiger partial charge in [-0.05, 0) is 140 Å². The van der Waals surface area contributed by atoms with E-state index in [9.17, 15) is 19.2 Å². The highest BCUT2D eigenvalue weighted by atomic mass is 16.6. The van der Waals surface area contributed by atoms with E-state index in [1.807, 2.05) is 48.5 Å². The Morgan fingerprint density at radius 1 is 0.566 bits per heavy atom. The number of urea groups is 1. The highest BCUT2D eigenvalue weighted by molar-refractivity contribution is 5.92. The first kappa shape index (κ1) is 62.8. The molecule has 21 heteroatoms. The number of fused-ring (bicyclic) bond motifs is 6. The topological polar surface area (TPSA) is 244 Å². The molecule has 5 aromatic rings. The maximum Gasteiger partial charge on any atom is 0.417 e. The summed E-state index contributed by atoms with van der Waals surface area (Å²) in [5.74, 6) is 3.47. The number of hydrogen-bond acceptors (Lipinski definition) is 16. The van der Waals surface area contributed by atoms with Crippen molar-refractivity contribution in [2.75, 3.05) is 132 Å². The van der Waals surface area contributed by atoms with Crippen molar-refractivity contribution in [2.24, 2.45) is 5.73 Å². The van der Waals surface area contributed by atoms with E-state index in [4.69, 9.17) is 48.4 Å². The number of amides is 5. The molecule has 83 heavy (non-hydrogen) atoms.